The maximum absolute atomic E-state index is 13.5. The Morgan fingerprint density at radius 1 is 1.08 bits per heavy atom. The molecule has 0 radical (unpaired) electrons. The molecule has 0 fully saturated rings. The summed E-state index contributed by atoms with van der Waals surface area (Å²) in [4.78, 5) is 39.2. The van der Waals surface area contributed by atoms with Gasteiger partial charge in [0.05, 0.1) is 41.0 Å². The number of aromatic nitrogens is 3. The molecule has 2 N–H and O–H groups in total. The highest BCUT2D eigenvalue weighted by molar-refractivity contribution is 6.21. The smallest absolute Gasteiger partial charge is 0.261 e. The summed E-state index contributed by atoms with van der Waals surface area (Å²) in [6.45, 7) is 6.93. The molecule has 1 aromatic carbocycles. The molecule has 36 heavy (non-hydrogen) atoms. The van der Waals surface area contributed by atoms with Gasteiger partial charge in [0, 0.05) is 24.6 Å². The van der Waals surface area contributed by atoms with Crippen LogP contribution in [0.2, 0.25) is 0 Å². The Hall–Kier alpha value is -4.32. The lowest BCUT2D eigenvalue weighted by atomic mass is 9.89. The predicted octanol–water partition coefficient (Wildman–Crippen LogP) is 4.64. The number of fused-ring (bicyclic) bond motifs is 1. The highest BCUT2D eigenvalue weighted by atomic mass is 19.1. The molecule has 9 heteroatoms. The first-order valence-corrected chi connectivity index (χ1v) is 11.7. The molecule has 4 rings (SSSR count). The van der Waals surface area contributed by atoms with Gasteiger partial charge < -0.3 is 10.6 Å². The Morgan fingerprint density at radius 2 is 1.81 bits per heavy atom. The van der Waals surface area contributed by atoms with Gasteiger partial charge in [0.2, 0.25) is 5.95 Å². The van der Waals surface area contributed by atoms with E-state index in [4.69, 9.17) is 0 Å². The maximum Gasteiger partial charge on any atom is 0.261 e. The highest BCUT2D eigenvalue weighted by Gasteiger charge is 2.35. The van der Waals surface area contributed by atoms with Crippen LogP contribution in [0, 0.1) is 23.1 Å². The second kappa shape index (κ2) is 10.5. The fourth-order valence-corrected chi connectivity index (χ4v) is 3.65. The average molecular weight is 487 g/mol. The van der Waals surface area contributed by atoms with E-state index in [0.717, 1.165) is 12.6 Å². The van der Waals surface area contributed by atoms with E-state index in [1.165, 1.54) is 17.2 Å². The van der Waals surface area contributed by atoms with Gasteiger partial charge in [-0.25, -0.2) is 9.37 Å². The second-order valence-corrected chi connectivity index (χ2v) is 9.09. The topological polar surface area (TPSA) is 100 Å². The molecule has 0 spiro atoms. The van der Waals surface area contributed by atoms with Crippen LogP contribution in [0.1, 0.15) is 59.9 Å². The minimum absolute atomic E-state index is 0.268. The zero-order chi connectivity index (χ0) is 25.7. The normalized spacial score (nSPS) is 12.7. The molecule has 0 saturated heterocycles. The van der Waals surface area contributed by atoms with Crippen LogP contribution in [0.15, 0.2) is 48.9 Å². The van der Waals surface area contributed by atoms with Gasteiger partial charge in [-0.1, -0.05) is 30.9 Å². The third-order valence-electron chi connectivity index (χ3n) is 5.67. The second-order valence-electron chi connectivity index (χ2n) is 9.09. The van der Waals surface area contributed by atoms with Crippen LogP contribution < -0.4 is 10.6 Å². The standard InChI is InChI=1S/C27H27FN6O2/c1-4-12-30-23-18(15-31-26(33-23)32-20-14-19(28)16-29-17-20)9-10-27(2,3)11-13-34-24(35)21-7-5-6-8-22(21)25(34)36/h5-8,14-17H,4,11-13H2,1-3H3,(H2,30,31,32,33). The lowest BCUT2D eigenvalue weighted by Gasteiger charge is -2.21. The van der Waals surface area contributed by atoms with Crippen LogP contribution in [-0.2, 0) is 0 Å². The van der Waals surface area contributed by atoms with Crippen LogP contribution in [0.25, 0.3) is 0 Å². The van der Waals surface area contributed by atoms with Crippen molar-refractivity contribution < 1.29 is 14.0 Å². The van der Waals surface area contributed by atoms with Crippen LogP contribution in [0.5, 0.6) is 0 Å². The van der Waals surface area contributed by atoms with Crippen LogP contribution in [0.4, 0.5) is 21.8 Å². The number of hydrogen-bond acceptors (Lipinski definition) is 7. The van der Waals surface area contributed by atoms with Crippen molar-refractivity contribution in [1.82, 2.24) is 19.9 Å². The molecule has 2 amide bonds. The molecule has 8 nitrogen and oxygen atoms in total. The number of rotatable bonds is 8. The minimum atomic E-state index is -0.485. The Bertz CT molecular complexity index is 1330. The summed E-state index contributed by atoms with van der Waals surface area (Å²) in [6.07, 6.45) is 5.61. The number of anilines is 3. The van der Waals surface area contributed by atoms with Gasteiger partial charge in [0.15, 0.2) is 0 Å². The lowest BCUT2D eigenvalue weighted by Crippen LogP contribution is -2.33. The molecule has 2 aromatic heterocycles. The quantitative estimate of drug-likeness (QED) is 0.353. The SMILES string of the molecule is CCCNc1nc(Nc2cncc(F)c2)ncc1C#CC(C)(C)CCN1C(=O)c2ccccc2C1=O. The molecular formula is C27H27FN6O2. The first kappa shape index (κ1) is 24.8. The number of imide groups is 1. The van der Waals surface area contributed by atoms with Crippen molar-refractivity contribution in [3.63, 3.8) is 0 Å². The molecule has 3 aromatic rings. The summed E-state index contributed by atoms with van der Waals surface area (Å²) in [5.74, 6) is 6.24. The number of amides is 2. The third kappa shape index (κ3) is 5.66. The van der Waals surface area contributed by atoms with Crippen molar-refractivity contribution in [2.45, 2.75) is 33.6 Å². The minimum Gasteiger partial charge on any atom is -0.369 e. The molecule has 0 aliphatic carbocycles. The predicted molar refractivity (Wildman–Crippen MR) is 135 cm³/mol. The van der Waals surface area contributed by atoms with Gasteiger partial charge in [0.25, 0.3) is 11.8 Å². The number of nitrogens with zero attached hydrogens (tertiary/aromatic N) is 4. The molecule has 184 valence electrons. The van der Waals surface area contributed by atoms with E-state index in [2.05, 4.69) is 37.4 Å². The molecule has 0 saturated carbocycles. The van der Waals surface area contributed by atoms with Crippen molar-refractivity contribution in [1.29, 1.82) is 0 Å². The Morgan fingerprint density at radius 3 is 2.47 bits per heavy atom. The zero-order valence-electron chi connectivity index (χ0n) is 20.4. The average Bonchev–Trinajstić information content (AvgIpc) is 3.10. The first-order valence-electron chi connectivity index (χ1n) is 11.7. The third-order valence-corrected chi connectivity index (χ3v) is 5.67. The molecule has 1 aliphatic rings. The Kier molecular flexibility index (Phi) is 7.25. The van der Waals surface area contributed by atoms with Gasteiger partial charge in [-0.15, -0.1) is 0 Å². The van der Waals surface area contributed by atoms with Crippen LogP contribution >= 0.6 is 0 Å². The molecule has 3 heterocycles. The number of benzene rings is 1. The van der Waals surface area contributed by atoms with Crippen molar-refractivity contribution in [2.75, 3.05) is 23.7 Å². The number of halogens is 1. The first-order chi connectivity index (χ1) is 17.3. The number of pyridine rings is 1. The summed E-state index contributed by atoms with van der Waals surface area (Å²) >= 11 is 0. The number of carbonyl (C=O) groups is 2. The largest absolute Gasteiger partial charge is 0.369 e. The van der Waals surface area contributed by atoms with E-state index in [-0.39, 0.29) is 24.3 Å². The van der Waals surface area contributed by atoms with Gasteiger partial charge in [-0.2, -0.15) is 4.98 Å². The van der Waals surface area contributed by atoms with E-state index >= 15 is 0 Å². The van der Waals surface area contributed by atoms with Gasteiger partial charge >= 0.3 is 0 Å². The van der Waals surface area contributed by atoms with Crippen molar-refractivity contribution in [3.05, 3.63) is 71.4 Å². The maximum atomic E-state index is 13.5. The molecule has 0 bridgehead atoms. The van der Waals surface area contributed by atoms with Gasteiger partial charge in [0.1, 0.15) is 11.6 Å². The molecule has 0 atom stereocenters. The van der Waals surface area contributed by atoms with E-state index < -0.39 is 11.2 Å². The van der Waals surface area contributed by atoms with E-state index in [1.54, 1.807) is 30.5 Å². The van der Waals surface area contributed by atoms with Crippen molar-refractivity contribution in [3.8, 4) is 11.8 Å². The fraction of sp³-hybridized carbons (Fsp3) is 0.296. The van der Waals surface area contributed by atoms with Gasteiger partial charge in [-0.3, -0.25) is 19.5 Å². The van der Waals surface area contributed by atoms with E-state index in [0.29, 0.717) is 41.2 Å². The van der Waals surface area contributed by atoms with E-state index in [9.17, 15) is 14.0 Å². The Labute approximate surface area is 209 Å². The van der Waals surface area contributed by atoms with Crippen molar-refractivity contribution in [2.24, 2.45) is 5.41 Å². The summed E-state index contributed by atoms with van der Waals surface area (Å²) in [6, 6.07) is 8.17. The number of hydrogen-bond donors (Lipinski definition) is 2. The Balaban J connectivity index is 1.48. The van der Waals surface area contributed by atoms with Crippen LogP contribution in [0.3, 0.4) is 0 Å². The highest BCUT2D eigenvalue weighted by Crippen LogP contribution is 2.26. The van der Waals surface area contributed by atoms with E-state index in [1.807, 2.05) is 20.8 Å². The summed E-state index contributed by atoms with van der Waals surface area (Å²) in [5.41, 5.74) is 1.45. The summed E-state index contributed by atoms with van der Waals surface area (Å²) in [5, 5.41) is 6.20. The molecule has 0 unspecified atom stereocenters. The monoisotopic (exact) mass is 486 g/mol. The fourth-order valence-electron chi connectivity index (χ4n) is 3.65. The van der Waals surface area contributed by atoms with Crippen LogP contribution in [-0.4, -0.2) is 44.8 Å². The summed E-state index contributed by atoms with van der Waals surface area (Å²) in [7, 11) is 0. The van der Waals surface area contributed by atoms with Crippen molar-refractivity contribution >= 4 is 29.3 Å². The zero-order valence-corrected chi connectivity index (χ0v) is 20.4. The lowest BCUT2D eigenvalue weighted by molar-refractivity contribution is 0.0643. The molecular weight excluding hydrogens is 459 g/mol. The van der Waals surface area contributed by atoms with Gasteiger partial charge in [-0.05, 0) is 38.8 Å². The summed E-state index contributed by atoms with van der Waals surface area (Å²) < 4.78 is 13.5. The molecule has 1 aliphatic heterocycles. The number of carbonyl (C=O) groups excluding carboxylic acids is 2. The number of nitrogens with one attached hydrogen (secondary N) is 2.